The van der Waals surface area contributed by atoms with Gasteiger partial charge in [-0.05, 0) is 18.2 Å². The molecule has 0 spiro atoms. The molecule has 4 nitrogen and oxygen atoms in total. The predicted octanol–water partition coefficient (Wildman–Crippen LogP) is 2.47. The predicted molar refractivity (Wildman–Crippen MR) is 61.7 cm³/mol. The van der Waals surface area contributed by atoms with E-state index >= 15 is 0 Å². The smallest absolute Gasteiger partial charge is 0.159 e. The molecule has 3 rings (SSSR count). The molecule has 0 fully saturated rings. The van der Waals surface area contributed by atoms with Crippen molar-refractivity contribution in [1.29, 1.82) is 0 Å². The van der Waals surface area contributed by atoms with Crippen molar-refractivity contribution < 1.29 is 0 Å². The zero-order chi connectivity index (χ0) is 11.0. The molecule has 0 aliphatic heterocycles. The second-order valence-corrected chi connectivity index (χ2v) is 3.69. The summed E-state index contributed by atoms with van der Waals surface area (Å²) in [4.78, 5) is 12.3. The van der Waals surface area contributed by atoms with Gasteiger partial charge < -0.3 is 0 Å². The van der Waals surface area contributed by atoms with Gasteiger partial charge in [-0.15, -0.1) is 0 Å². The van der Waals surface area contributed by atoms with Crippen LogP contribution in [0.2, 0.25) is 5.02 Å². The second-order valence-electron chi connectivity index (χ2n) is 3.29. The fraction of sp³-hybridized carbons (Fsp3) is 0. The Bertz CT molecular complexity index is 647. The fourth-order valence-corrected chi connectivity index (χ4v) is 1.83. The minimum atomic E-state index is 0.517. The fourth-order valence-electron chi connectivity index (χ4n) is 1.63. The lowest BCUT2D eigenvalue weighted by Gasteiger charge is -2.04. The van der Waals surface area contributed by atoms with E-state index in [1.54, 1.807) is 12.4 Å². The molecule has 3 heterocycles. The molecule has 0 aliphatic carbocycles. The molecule has 0 unspecified atom stereocenters. The molecule has 0 amide bonds. The van der Waals surface area contributed by atoms with Gasteiger partial charge in [0.25, 0.3) is 0 Å². The summed E-state index contributed by atoms with van der Waals surface area (Å²) in [5, 5.41) is 0.517. The summed E-state index contributed by atoms with van der Waals surface area (Å²) in [7, 11) is 0. The van der Waals surface area contributed by atoms with Crippen LogP contribution in [0, 0.1) is 0 Å². The molecule has 0 saturated carbocycles. The first-order chi connectivity index (χ1) is 7.86. The number of halogens is 1. The lowest BCUT2D eigenvalue weighted by atomic mass is 10.4. The molecule has 0 atom stereocenters. The van der Waals surface area contributed by atoms with Crippen molar-refractivity contribution in [2.75, 3.05) is 0 Å². The van der Waals surface area contributed by atoms with Crippen LogP contribution in [0.1, 0.15) is 0 Å². The maximum absolute atomic E-state index is 6.05. The number of hydrogen-bond donors (Lipinski definition) is 0. The van der Waals surface area contributed by atoms with Crippen LogP contribution in [0.15, 0.2) is 43.1 Å². The van der Waals surface area contributed by atoms with E-state index in [2.05, 4.69) is 15.0 Å². The van der Waals surface area contributed by atoms with Crippen molar-refractivity contribution in [1.82, 2.24) is 19.5 Å². The lowest BCUT2D eigenvalue weighted by Crippen LogP contribution is -1.97. The number of aromatic nitrogens is 4. The summed E-state index contributed by atoms with van der Waals surface area (Å²) in [5.41, 5.74) is 1.89. The number of hydrogen-bond acceptors (Lipinski definition) is 3. The van der Waals surface area contributed by atoms with Gasteiger partial charge in [0, 0.05) is 12.4 Å². The largest absolute Gasteiger partial charge is 0.298 e. The highest BCUT2D eigenvalue weighted by molar-refractivity contribution is 6.32. The van der Waals surface area contributed by atoms with Crippen LogP contribution in [-0.2, 0) is 0 Å². The Hall–Kier alpha value is -1.94. The monoisotopic (exact) mass is 230 g/mol. The first-order valence-corrected chi connectivity index (χ1v) is 5.12. The highest BCUT2D eigenvalue weighted by Gasteiger charge is 2.07. The molecule has 16 heavy (non-hydrogen) atoms. The summed E-state index contributed by atoms with van der Waals surface area (Å²) in [5.74, 6) is 0.666. The molecule has 78 valence electrons. The van der Waals surface area contributed by atoms with E-state index in [-0.39, 0.29) is 0 Å². The third-order valence-corrected chi connectivity index (χ3v) is 2.60. The Morgan fingerprint density at radius 1 is 1.19 bits per heavy atom. The summed E-state index contributed by atoms with van der Waals surface area (Å²) >= 11 is 6.05. The van der Waals surface area contributed by atoms with Crippen LogP contribution in [0.3, 0.4) is 0 Å². The molecular weight excluding hydrogens is 224 g/mol. The van der Waals surface area contributed by atoms with Crippen LogP contribution < -0.4 is 0 Å². The van der Waals surface area contributed by atoms with E-state index in [0.29, 0.717) is 10.8 Å². The number of rotatable bonds is 1. The molecule has 5 heteroatoms. The van der Waals surface area contributed by atoms with Crippen LogP contribution in [0.4, 0.5) is 0 Å². The van der Waals surface area contributed by atoms with Gasteiger partial charge in [0.05, 0.1) is 17.2 Å². The van der Waals surface area contributed by atoms with Crippen molar-refractivity contribution >= 4 is 22.6 Å². The van der Waals surface area contributed by atoms with Gasteiger partial charge in [-0.25, -0.2) is 9.97 Å². The summed E-state index contributed by atoms with van der Waals surface area (Å²) in [6.45, 7) is 0. The van der Waals surface area contributed by atoms with Crippen molar-refractivity contribution in [3.8, 4) is 5.82 Å². The third-order valence-electron chi connectivity index (χ3n) is 2.33. The van der Waals surface area contributed by atoms with Crippen molar-refractivity contribution in [3.05, 3.63) is 48.1 Å². The minimum Gasteiger partial charge on any atom is -0.298 e. The van der Waals surface area contributed by atoms with E-state index in [1.165, 1.54) is 6.33 Å². The van der Waals surface area contributed by atoms with Gasteiger partial charge in [0.2, 0.25) is 0 Å². The molecule has 0 aromatic carbocycles. The molecule has 0 N–H and O–H groups in total. The van der Waals surface area contributed by atoms with Gasteiger partial charge >= 0.3 is 0 Å². The van der Waals surface area contributed by atoms with E-state index in [0.717, 1.165) is 11.0 Å². The third kappa shape index (κ3) is 1.35. The van der Waals surface area contributed by atoms with Crippen LogP contribution in [0.25, 0.3) is 16.9 Å². The van der Waals surface area contributed by atoms with E-state index < -0.39 is 0 Å². The first-order valence-electron chi connectivity index (χ1n) is 4.74. The van der Waals surface area contributed by atoms with Crippen LogP contribution >= 0.6 is 11.6 Å². The number of pyridine rings is 1. The summed E-state index contributed by atoms with van der Waals surface area (Å²) < 4.78 is 1.90. The summed E-state index contributed by atoms with van der Waals surface area (Å²) in [6, 6.07) is 5.78. The van der Waals surface area contributed by atoms with Crippen molar-refractivity contribution in [2.24, 2.45) is 0 Å². The highest BCUT2D eigenvalue weighted by Crippen LogP contribution is 2.21. The molecule has 0 radical (unpaired) electrons. The molecule has 0 saturated heterocycles. The normalized spacial score (nSPS) is 10.8. The maximum Gasteiger partial charge on any atom is 0.159 e. The van der Waals surface area contributed by atoms with Gasteiger partial charge in [-0.2, -0.15) is 0 Å². The van der Waals surface area contributed by atoms with E-state index in [9.17, 15) is 0 Å². The highest BCUT2D eigenvalue weighted by atomic mass is 35.5. The lowest BCUT2D eigenvalue weighted by molar-refractivity contribution is 1.01. The quantitative estimate of drug-likeness (QED) is 0.645. The zero-order valence-electron chi connectivity index (χ0n) is 8.21. The van der Waals surface area contributed by atoms with Gasteiger partial charge in [0.15, 0.2) is 5.82 Å². The SMILES string of the molecule is Clc1cncnc1-n1ccc2ncccc21. The average molecular weight is 231 g/mol. The Morgan fingerprint density at radius 3 is 3.00 bits per heavy atom. The zero-order valence-corrected chi connectivity index (χ0v) is 8.96. The molecule has 3 aromatic heterocycles. The summed E-state index contributed by atoms with van der Waals surface area (Å²) in [6.07, 6.45) is 6.70. The van der Waals surface area contributed by atoms with Gasteiger partial charge in [-0.1, -0.05) is 11.6 Å². The van der Waals surface area contributed by atoms with Crippen LogP contribution in [-0.4, -0.2) is 19.5 Å². The first kappa shape index (κ1) is 9.30. The van der Waals surface area contributed by atoms with Gasteiger partial charge in [-0.3, -0.25) is 9.55 Å². The standard InChI is InChI=1S/C11H7ClN4/c12-8-6-13-7-15-11(8)16-5-3-9-10(16)2-1-4-14-9/h1-7H. The minimum absolute atomic E-state index is 0.517. The van der Waals surface area contributed by atoms with E-state index in [1.807, 2.05) is 29.0 Å². The number of nitrogens with zero attached hydrogens (tertiary/aromatic N) is 4. The number of fused-ring (bicyclic) bond motifs is 1. The van der Waals surface area contributed by atoms with Crippen LogP contribution in [0.5, 0.6) is 0 Å². The molecule has 3 aromatic rings. The molecule has 0 bridgehead atoms. The second kappa shape index (κ2) is 3.57. The topological polar surface area (TPSA) is 43.6 Å². The average Bonchev–Trinajstić information content (AvgIpc) is 2.74. The van der Waals surface area contributed by atoms with Gasteiger partial charge in [0.1, 0.15) is 11.3 Å². The van der Waals surface area contributed by atoms with E-state index in [4.69, 9.17) is 11.6 Å². The Morgan fingerprint density at radius 2 is 2.12 bits per heavy atom. The molecule has 0 aliphatic rings. The Labute approximate surface area is 96.6 Å². The maximum atomic E-state index is 6.05. The molecular formula is C11H7ClN4. The van der Waals surface area contributed by atoms with Crippen molar-refractivity contribution in [3.63, 3.8) is 0 Å². The van der Waals surface area contributed by atoms with Crippen molar-refractivity contribution in [2.45, 2.75) is 0 Å². The Balaban J connectivity index is 2.31. The Kier molecular flexibility index (Phi) is 2.08.